The maximum absolute atomic E-state index is 10.2. The summed E-state index contributed by atoms with van der Waals surface area (Å²) in [5, 5.41) is 10.2. The Balaban J connectivity index is 1.94. The molecule has 0 saturated carbocycles. The van der Waals surface area contributed by atoms with Crippen LogP contribution in [0, 0.1) is 17.2 Å². The third-order valence-electron chi connectivity index (χ3n) is 6.56. The van der Waals surface area contributed by atoms with Crippen LogP contribution in [0.2, 0.25) is 0 Å². The maximum atomic E-state index is 10.2. The molecule has 0 aliphatic carbocycles. The molecule has 0 bridgehead atoms. The highest BCUT2D eigenvalue weighted by Crippen LogP contribution is 2.41. The van der Waals surface area contributed by atoms with Gasteiger partial charge >= 0.3 is 0 Å². The lowest BCUT2D eigenvalue weighted by Crippen LogP contribution is -2.33. The van der Waals surface area contributed by atoms with E-state index in [9.17, 15) is 5.26 Å². The van der Waals surface area contributed by atoms with Crippen molar-refractivity contribution in [2.75, 3.05) is 32.8 Å². The van der Waals surface area contributed by atoms with Gasteiger partial charge in [-0.15, -0.1) is 0 Å². The van der Waals surface area contributed by atoms with Crippen LogP contribution < -0.4 is 9.47 Å². The van der Waals surface area contributed by atoms with E-state index in [0.717, 1.165) is 43.0 Å². The molecule has 0 radical (unpaired) electrons. The number of fused-ring (bicyclic) bond motifs is 1. The molecule has 0 aromatic heterocycles. The van der Waals surface area contributed by atoms with Crippen LogP contribution in [0.15, 0.2) is 18.2 Å². The first-order valence-corrected chi connectivity index (χ1v) is 12.1. The Morgan fingerprint density at radius 1 is 0.967 bits per heavy atom. The molecule has 1 aliphatic heterocycles. The Morgan fingerprint density at radius 3 is 2.30 bits per heavy atom. The average Bonchev–Trinajstić information content (AvgIpc) is 2.77. The summed E-state index contributed by atoms with van der Waals surface area (Å²) in [4.78, 5) is 2.55. The lowest BCUT2D eigenvalue weighted by molar-refractivity contribution is 0.171. The van der Waals surface area contributed by atoms with E-state index in [1.807, 2.05) is 12.1 Å². The predicted octanol–water partition coefficient (Wildman–Crippen LogP) is 6.34. The summed E-state index contributed by atoms with van der Waals surface area (Å²) in [5.74, 6) is 1.80. The molecule has 0 spiro atoms. The van der Waals surface area contributed by atoms with E-state index in [1.165, 1.54) is 45.1 Å². The van der Waals surface area contributed by atoms with Gasteiger partial charge in [-0.25, -0.2) is 0 Å². The number of ether oxygens (including phenoxy) is 2. The molecular formula is C26H42N2O2. The second kappa shape index (κ2) is 12.8. The number of hydrogen-bond donors (Lipinski definition) is 0. The van der Waals surface area contributed by atoms with Gasteiger partial charge in [-0.3, -0.25) is 0 Å². The van der Waals surface area contributed by atoms with E-state index < -0.39 is 5.41 Å². The second-order valence-electron chi connectivity index (χ2n) is 8.90. The number of nitrogens with zero attached hydrogens (tertiary/aromatic N) is 2. The Hall–Kier alpha value is -1.73. The van der Waals surface area contributed by atoms with E-state index in [2.05, 4.69) is 44.7 Å². The number of unbranched alkanes of at least 4 members (excludes halogenated alkanes) is 5. The van der Waals surface area contributed by atoms with Crippen molar-refractivity contribution in [1.82, 2.24) is 4.90 Å². The summed E-state index contributed by atoms with van der Waals surface area (Å²) < 4.78 is 11.4. The second-order valence-corrected chi connectivity index (χ2v) is 8.90. The molecule has 2 rings (SSSR count). The van der Waals surface area contributed by atoms with Gasteiger partial charge in [0.05, 0.1) is 11.5 Å². The molecule has 0 N–H and O–H groups in total. The SMILES string of the molecule is CCCCCCCCN(CC)CCCC(C#N)(c1ccc2c(c1)OCCO2)C(C)C. The van der Waals surface area contributed by atoms with Gasteiger partial charge in [0.25, 0.3) is 0 Å². The smallest absolute Gasteiger partial charge is 0.161 e. The third kappa shape index (κ3) is 6.64. The Morgan fingerprint density at radius 2 is 1.63 bits per heavy atom. The molecule has 30 heavy (non-hydrogen) atoms. The predicted molar refractivity (Wildman–Crippen MR) is 124 cm³/mol. The standard InChI is InChI=1S/C26H42N2O2/c1-5-7-8-9-10-11-16-28(6-2)17-12-15-26(21-27,22(3)4)23-13-14-24-25(20-23)30-19-18-29-24/h13-14,20,22H,5-12,15-19H2,1-4H3. The van der Waals surface area contributed by atoms with Gasteiger partial charge in [0.15, 0.2) is 11.5 Å². The lowest BCUT2D eigenvalue weighted by Gasteiger charge is -2.33. The van der Waals surface area contributed by atoms with Crippen molar-refractivity contribution in [3.05, 3.63) is 23.8 Å². The van der Waals surface area contributed by atoms with E-state index >= 15 is 0 Å². The van der Waals surface area contributed by atoms with Crippen LogP contribution in [-0.2, 0) is 5.41 Å². The number of hydrogen-bond acceptors (Lipinski definition) is 4. The molecule has 1 atom stereocenters. The first-order chi connectivity index (χ1) is 14.6. The molecule has 168 valence electrons. The third-order valence-corrected chi connectivity index (χ3v) is 6.56. The highest BCUT2D eigenvalue weighted by molar-refractivity contribution is 5.48. The van der Waals surface area contributed by atoms with Crippen LogP contribution >= 0.6 is 0 Å². The Kier molecular flexibility index (Phi) is 10.5. The van der Waals surface area contributed by atoms with Crippen molar-refractivity contribution in [3.63, 3.8) is 0 Å². The van der Waals surface area contributed by atoms with Crippen molar-refractivity contribution in [1.29, 1.82) is 5.26 Å². The first kappa shape index (κ1) is 24.5. The molecule has 0 amide bonds. The molecule has 0 fully saturated rings. The zero-order chi connectivity index (χ0) is 21.8. The molecule has 1 aliphatic rings. The van der Waals surface area contributed by atoms with Crippen molar-refractivity contribution < 1.29 is 9.47 Å². The van der Waals surface area contributed by atoms with Gasteiger partial charge in [-0.2, -0.15) is 5.26 Å². The fourth-order valence-corrected chi connectivity index (χ4v) is 4.46. The number of rotatable bonds is 14. The van der Waals surface area contributed by atoms with Crippen LogP contribution in [0.1, 0.15) is 84.6 Å². The molecule has 1 aromatic carbocycles. The average molecular weight is 415 g/mol. The fraction of sp³-hybridized carbons (Fsp3) is 0.731. The quantitative estimate of drug-likeness (QED) is 0.333. The van der Waals surface area contributed by atoms with Gasteiger partial charge in [-0.1, -0.05) is 65.9 Å². The fourth-order valence-electron chi connectivity index (χ4n) is 4.46. The van der Waals surface area contributed by atoms with Gasteiger partial charge in [-0.05, 0) is 62.5 Å². The minimum atomic E-state index is -0.491. The van der Waals surface area contributed by atoms with Crippen LogP contribution in [0.5, 0.6) is 11.5 Å². The summed E-state index contributed by atoms with van der Waals surface area (Å²) >= 11 is 0. The highest BCUT2D eigenvalue weighted by Gasteiger charge is 2.36. The van der Waals surface area contributed by atoms with Gasteiger partial charge in [0, 0.05) is 0 Å². The summed E-state index contributed by atoms with van der Waals surface area (Å²) in [7, 11) is 0. The van der Waals surface area contributed by atoms with Crippen LogP contribution in [0.25, 0.3) is 0 Å². The highest BCUT2D eigenvalue weighted by atomic mass is 16.6. The van der Waals surface area contributed by atoms with E-state index in [1.54, 1.807) is 0 Å². The van der Waals surface area contributed by atoms with Gasteiger partial charge in [0.1, 0.15) is 13.2 Å². The van der Waals surface area contributed by atoms with Crippen LogP contribution in [0.3, 0.4) is 0 Å². The van der Waals surface area contributed by atoms with Crippen molar-refractivity contribution in [2.45, 2.75) is 84.5 Å². The van der Waals surface area contributed by atoms with E-state index in [-0.39, 0.29) is 5.92 Å². The molecule has 1 unspecified atom stereocenters. The lowest BCUT2D eigenvalue weighted by atomic mass is 9.69. The van der Waals surface area contributed by atoms with Crippen molar-refractivity contribution >= 4 is 0 Å². The molecule has 4 heteroatoms. The summed E-state index contributed by atoms with van der Waals surface area (Å²) in [6, 6.07) is 8.75. The first-order valence-electron chi connectivity index (χ1n) is 12.1. The van der Waals surface area contributed by atoms with Crippen LogP contribution in [-0.4, -0.2) is 37.7 Å². The van der Waals surface area contributed by atoms with Gasteiger partial charge in [0.2, 0.25) is 0 Å². The summed E-state index contributed by atoms with van der Waals surface area (Å²) in [6.45, 7) is 13.3. The van der Waals surface area contributed by atoms with Crippen LogP contribution in [0.4, 0.5) is 0 Å². The van der Waals surface area contributed by atoms with Gasteiger partial charge < -0.3 is 14.4 Å². The minimum absolute atomic E-state index is 0.235. The normalized spacial score (nSPS) is 15.2. The van der Waals surface area contributed by atoms with E-state index in [4.69, 9.17) is 9.47 Å². The zero-order valence-electron chi connectivity index (χ0n) is 19.7. The molecule has 1 aromatic rings. The largest absolute Gasteiger partial charge is 0.486 e. The summed E-state index contributed by atoms with van der Waals surface area (Å²) in [5.41, 5.74) is 0.568. The number of benzene rings is 1. The molecule has 0 saturated heterocycles. The van der Waals surface area contributed by atoms with Crippen molar-refractivity contribution in [3.8, 4) is 17.6 Å². The maximum Gasteiger partial charge on any atom is 0.161 e. The van der Waals surface area contributed by atoms with Crippen molar-refractivity contribution in [2.24, 2.45) is 5.92 Å². The number of nitriles is 1. The van der Waals surface area contributed by atoms with E-state index in [0.29, 0.717) is 13.2 Å². The topological polar surface area (TPSA) is 45.5 Å². The molecular weight excluding hydrogens is 372 g/mol. The minimum Gasteiger partial charge on any atom is -0.486 e. The monoisotopic (exact) mass is 414 g/mol. The Bertz CT molecular complexity index is 667. The molecule has 1 heterocycles. The molecule has 4 nitrogen and oxygen atoms in total. The Labute approximate surface area is 184 Å². The summed E-state index contributed by atoms with van der Waals surface area (Å²) in [6.07, 6.45) is 9.92. The zero-order valence-corrected chi connectivity index (χ0v) is 19.7.